The van der Waals surface area contributed by atoms with Gasteiger partial charge in [0.05, 0.1) is 0 Å². The topological polar surface area (TPSA) is 40.6 Å². The average Bonchev–Trinajstić information content (AvgIpc) is 2.62. The monoisotopic (exact) mass is 328 g/mol. The van der Waals surface area contributed by atoms with Crippen LogP contribution in [0.4, 0.5) is 0 Å². The molecule has 4 nitrogen and oxygen atoms in total. The van der Waals surface area contributed by atoms with Crippen LogP contribution in [0, 0.1) is 12.8 Å². The van der Waals surface area contributed by atoms with E-state index in [2.05, 4.69) is 11.8 Å². The fourth-order valence-corrected chi connectivity index (χ4v) is 3.87. The lowest BCUT2D eigenvalue weighted by Crippen LogP contribution is -2.48. The van der Waals surface area contributed by atoms with Gasteiger partial charge in [-0.3, -0.25) is 9.59 Å². The van der Waals surface area contributed by atoms with Crippen molar-refractivity contribution in [3.05, 3.63) is 35.4 Å². The average molecular weight is 328 g/mol. The van der Waals surface area contributed by atoms with Crippen molar-refractivity contribution in [1.82, 2.24) is 9.80 Å². The number of amides is 2. The van der Waals surface area contributed by atoms with Crippen LogP contribution in [-0.2, 0) is 4.79 Å². The van der Waals surface area contributed by atoms with Gasteiger partial charge in [-0.2, -0.15) is 0 Å². The molecular formula is C20H28N2O2. The van der Waals surface area contributed by atoms with Crippen molar-refractivity contribution in [1.29, 1.82) is 0 Å². The standard InChI is InChI=1S/C20H28N2O2/c1-15-6-8-17(9-7-15)19(23)21-13-10-18(11-14-21)20(24)22-12-4-3-5-16(22)2/h6-9,16,18H,3-5,10-14H2,1-2H3. The summed E-state index contributed by atoms with van der Waals surface area (Å²) in [6.45, 7) is 6.46. The van der Waals surface area contributed by atoms with Gasteiger partial charge >= 0.3 is 0 Å². The fraction of sp³-hybridized carbons (Fsp3) is 0.600. The molecule has 0 N–H and O–H groups in total. The highest BCUT2D eigenvalue weighted by molar-refractivity contribution is 5.94. The van der Waals surface area contributed by atoms with Crippen LogP contribution in [0.2, 0.25) is 0 Å². The van der Waals surface area contributed by atoms with Gasteiger partial charge in [-0.25, -0.2) is 0 Å². The second kappa shape index (κ2) is 7.37. The number of carbonyl (C=O) groups is 2. The van der Waals surface area contributed by atoms with Crippen molar-refractivity contribution in [2.24, 2.45) is 5.92 Å². The number of aryl methyl sites for hydroxylation is 1. The zero-order valence-corrected chi connectivity index (χ0v) is 14.8. The molecule has 2 amide bonds. The van der Waals surface area contributed by atoms with Gasteiger partial charge in [-0.15, -0.1) is 0 Å². The summed E-state index contributed by atoms with van der Waals surface area (Å²) < 4.78 is 0. The molecule has 2 saturated heterocycles. The molecule has 2 fully saturated rings. The zero-order valence-electron chi connectivity index (χ0n) is 14.8. The van der Waals surface area contributed by atoms with E-state index in [0.717, 1.165) is 43.4 Å². The highest BCUT2D eigenvalue weighted by Gasteiger charge is 2.33. The molecule has 1 aromatic carbocycles. The van der Waals surface area contributed by atoms with E-state index in [1.165, 1.54) is 6.42 Å². The molecule has 0 aromatic heterocycles. The molecule has 4 heteroatoms. The van der Waals surface area contributed by atoms with Gasteiger partial charge in [-0.1, -0.05) is 17.7 Å². The highest BCUT2D eigenvalue weighted by atomic mass is 16.2. The molecule has 0 bridgehead atoms. The van der Waals surface area contributed by atoms with Gasteiger partial charge in [0.25, 0.3) is 5.91 Å². The van der Waals surface area contributed by atoms with Gasteiger partial charge < -0.3 is 9.80 Å². The predicted molar refractivity (Wildman–Crippen MR) is 94.8 cm³/mol. The molecule has 1 atom stereocenters. The Bertz CT molecular complexity index is 588. The van der Waals surface area contributed by atoms with Gasteiger partial charge in [-0.05, 0) is 58.1 Å². The summed E-state index contributed by atoms with van der Waals surface area (Å²) in [5.41, 5.74) is 1.90. The van der Waals surface area contributed by atoms with Crippen molar-refractivity contribution in [2.45, 2.75) is 52.0 Å². The lowest BCUT2D eigenvalue weighted by Gasteiger charge is -2.38. The van der Waals surface area contributed by atoms with Crippen molar-refractivity contribution in [3.63, 3.8) is 0 Å². The predicted octanol–water partition coefficient (Wildman–Crippen LogP) is 3.25. The van der Waals surface area contributed by atoms with E-state index in [1.54, 1.807) is 0 Å². The normalized spacial score (nSPS) is 22.5. The molecule has 1 unspecified atom stereocenters. The van der Waals surface area contributed by atoms with Crippen molar-refractivity contribution < 1.29 is 9.59 Å². The number of benzene rings is 1. The Labute approximate surface area is 144 Å². The molecule has 0 spiro atoms. The van der Waals surface area contributed by atoms with Crippen LogP contribution in [0.1, 0.15) is 54.9 Å². The van der Waals surface area contributed by atoms with Crippen LogP contribution in [0.3, 0.4) is 0 Å². The first-order valence-electron chi connectivity index (χ1n) is 9.22. The third-order valence-electron chi connectivity index (χ3n) is 5.52. The van der Waals surface area contributed by atoms with Crippen LogP contribution >= 0.6 is 0 Å². The van der Waals surface area contributed by atoms with E-state index in [1.807, 2.05) is 36.1 Å². The first kappa shape index (κ1) is 17.0. The summed E-state index contributed by atoms with van der Waals surface area (Å²) >= 11 is 0. The first-order chi connectivity index (χ1) is 11.6. The zero-order chi connectivity index (χ0) is 17.1. The molecule has 0 radical (unpaired) electrons. The summed E-state index contributed by atoms with van der Waals surface area (Å²) in [5, 5.41) is 0. The maximum Gasteiger partial charge on any atom is 0.253 e. The number of nitrogens with zero attached hydrogens (tertiary/aromatic N) is 2. The summed E-state index contributed by atoms with van der Waals surface area (Å²) in [6.07, 6.45) is 5.06. The molecule has 130 valence electrons. The minimum absolute atomic E-state index is 0.0900. The lowest BCUT2D eigenvalue weighted by molar-refractivity contribution is -0.140. The molecule has 2 heterocycles. The molecule has 0 saturated carbocycles. The fourth-order valence-electron chi connectivity index (χ4n) is 3.87. The van der Waals surface area contributed by atoms with E-state index >= 15 is 0 Å². The van der Waals surface area contributed by atoms with Crippen LogP contribution in [0.5, 0.6) is 0 Å². The third kappa shape index (κ3) is 3.63. The lowest BCUT2D eigenvalue weighted by atomic mass is 9.92. The summed E-state index contributed by atoms with van der Waals surface area (Å²) in [6, 6.07) is 8.11. The SMILES string of the molecule is Cc1ccc(C(=O)N2CCC(C(=O)N3CCCCC3C)CC2)cc1. The number of hydrogen-bond donors (Lipinski definition) is 0. The number of rotatable bonds is 2. The maximum atomic E-state index is 12.8. The van der Waals surface area contributed by atoms with Gasteiger partial charge in [0.1, 0.15) is 0 Å². The molecule has 3 rings (SSSR count). The molecule has 0 aliphatic carbocycles. The van der Waals surface area contributed by atoms with E-state index in [4.69, 9.17) is 0 Å². The molecular weight excluding hydrogens is 300 g/mol. The Balaban J connectivity index is 1.56. The quantitative estimate of drug-likeness (QED) is 0.836. The van der Waals surface area contributed by atoms with E-state index < -0.39 is 0 Å². The van der Waals surface area contributed by atoms with Crippen LogP contribution in [-0.4, -0.2) is 47.3 Å². The van der Waals surface area contributed by atoms with Gasteiger partial charge in [0.2, 0.25) is 5.91 Å². The summed E-state index contributed by atoms with van der Waals surface area (Å²) in [4.78, 5) is 29.3. The van der Waals surface area contributed by atoms with Crippen LogP contribution in [0.25, 0.3) is 0 Å². The Hall–Kier alpha value is -1.84. The summed E-state index contributed by atoms with van der Waals surface area (Å²) in [7, 11) is 0. The Morgan fingerprint density at radius 1 is 0.958 bits per heavy atom. The van der Waals surface area contributed by atoms with Crippen LogP contribution in [0.15, 0.2) is 24.3 Å². The van der Waals surface area contributed by atoms with E-state index in [-0.39, 0.29) is 11.8 Å². The van der Waals surface area contributed by atoms with Crippen molar-refractivity contribution >= 4 is 11.8 Å². The maximum absolute atomic E-state index is 12.8. The van der Waals surface area contributed by atoms with Crippen LogP contribution < -0.4 is 0 Å². The Morgan fingerprint density at radius 3 is 2.25 bits per heavy atom. The van der Waals surface area contributed by atoms with E-state index in [0.29, 0.717) is 25.0 Å². The second-order valence-electron chi connectivity index (χ2n) is 7.31. The number of carbonyl (C=O) groups excluding carboxylic acids is 2. The number of hydrogen-bond acceptors (Lipinski definition) is 2. The minimum Gasteiger partial charge on any atom is -0.340 e. The van der Waals surface area contributed by atoms with Crippen molar-refractivity contribution in [3.8, 4) is 0 Å². The first-order valence-corrected chi connectivity index (χ1v) is 9.22. The largest absolute Gasteiger partial charge is 0.340 e. The second-order valence-corrected chi connectivity index (χ2v) is 7.31. The van der Waals surface area contributed by atoms with E-state index in [9.17, 15) is 9.59 Å². The molecule has 2 aliphatic heterocycles. The molecule has 2 aliphatic rings. The highest BCUT2D eigenvalue weighted by Crippen LogP contribution is 2.25. The Morgan fingerprint density at radius 2 is 1.62 bits per heavy atom. The minimum atomic E-state index is 0.0900. The third-order valence-corrected chi connectivity index (χ3v) is 5.52. The number of likely N-dealkylation sites (tertiary alicyclic amines) is 2. The van der Waals surface area contributed by atoms with Gasteiger partial charge in [0, 0.05) is 37.2 Å². The number of piperidine rings is 2. The Kier molecular flexibility index (Phi) is 5.22. The van der Waals surface area contributed by atoms with Crippen molar-refractivity contribution in [2.75, 3.05) is 19.6 Å². The smallest absolute Gasteiger partial charge is 0.253 e. The van der Waals surface area contributed by atoms with Gasteiger partial charge in [0.15, 0.2) is 0 Å². The molecule has 1 aromatic rings. The molecule has 24 heavy (non-hydrogen) atoms. The summed E-state index contributed by atoms with van der Waals surface area (Å²) in [5.74, 6) is 0.490.